The normalized spacial score (nSPS) is 27.0. The third-order valence-corrected chi connectivity index (χ3v) is 4.69. The molecule has 1 fully saturated rings. The lowest BCUT2D eigenvalue weighted by molar-refractivity contribution is 0.0705. The number of piperidine rings is 1. The number of aromatic amines is 1. The van der Waals surface area contributed by atoms with Crippen LogP contribution in [0.5, 0.6) is 0 Å². The molecule has 4 heteroatoms. The van der Waals surface area contributed by atoms with Gasteiger partial charge in [-0.3, -0.25) is 9.59 Å². The molecule has 3 rings (SSSR count). The van der Waals surface area contributed by atoms with Crippen LogP contribution in [0, 0.1) is 18.8 Å². The Labute approximate surface area is 113 Å². The van der Waals surface area contributed by atoms with Gasteiger partial charge in [0, 0.05) is 30.6 Å². The van der Waals surface area contributed by atoms with Gasteiger partial charge in [0.1, 0.15) is 0 Å². The molecule has 0 amide bonds. The van der Waals surface area contributed by atoms with Crippen molar-refractivity contribution in [3.8, 4) is 0 Å². The van der Waals surface area contributed by atoms with Gasteiger partial charge in [0.05, 0.1) is 5.69 Å². The smallest absolute Gasteiger partial charge is 0.176 e. The number of rotatable bonds is 1. The van der Waals surface area contributed by atoms with Crippen molar-refractivity contribution in [1.29, 1.82) is 0 Å². The van der Waals surface area contributed by atoms with Crippen LogP contribution in [0.15, 0.2) is 0 Å². The van der Waals surface area contributed by atoms with Crippen LogP contribution in [-0.4, -0.2) is 41.6 Å². The second-order valence-electron chi connectivity index (χ2n) is 6.02. The maximum atomic E-state index is 12.7. The molecular formula is C15H20N2O2. The van der Waals surface area contributed by atoms with Crippen LogP contribution >= 0.6 is 0 Å². The van der Waals surface area contributed by atoms with Gasteiger partial charge in [-0.25, -0.2) is 0 Å². The van der Waals surface area contributed by atoms with E-state index in [1.54, 1.807) is 6.92 Å². The minimum Gasteiger partial charge on any atom is -0.355 e. The number of nitrogens with zero attached hydrogens (tertiary/aromatic N) is 1. The molecule has 0 spiro atoms. The first-order valence-corrected chi connectivity index (χ1v) is 6.94. The fourth-order valence-electron chi connectivity index (χ4n) is 3.65. The number of likely N-dealkylation sites (tertiary alicyclic amines) is 1. The summed E-state index contributed by atoms with van der Waals surface area (Å²) >= 11 is 0. The Balaban J connectivity index is 2.04. The Kier molecular flexibility index (Phi) is 2.86. The molecule has 0 saturated carbocycles. The Bertz CT molecular complexity index is 559. The van der Waals surface area contributed by atoms with Crippen LogP contribution in [0.4, 0.5) is 0 Å². The summed E-state index contributed by atoms with van der Waals surface area (Å²) in [6, 6.07) is 0. The summed E-state index contributed by atoms with van der Waals surface area (Å²) in [4.78, 5) is 29.7. The monoisotopic (exact) mass is 260 g/mol. The lowest BCUT2D eigenvalue weighted by atomic mass is 9.73. The SMILES string of the molecule is CC(=O)c1[nH]c2c(c1C)C(=O)[C@@H]1CN(C)CC[C@H]1C2. The fourth-order valence-corrected chi connectivity index (χ4v) is 3.65. The van der Waals surface area contributed by atoms with Crippen molar-refractivity contribution < 1.29 is 9.59 Å². The number of aromatic nitrogens is 1. The molecule has 1 saturated heterocycles. The molecule has 1 aliphatic carbocycles. The van der Waals surface area contributed by atoms with Crippen molar-refractivity contribution in [2.75, 3.05) is 20.1 Å². The molecule has 2 heterocycles. The third kappa shape index (κ3) is 1.86. The van der Waals surface area contributed by atoms with E-state index in [4.69, 9.17) is 0 Å². The second kappa shape index (κ2) is 4.30. The number of ketones is 2. The topological polar surface area (TPSA) is 53.2 Å². The van der Waals surface area contributed by atoms with E-state index in [0.29, 0.717) is 11.6 Å². The molecule has 1 aliphatic heterocycles. The molecule has 4 nitrogen and oxygen atoms in total. The summed E-state index contributed by atoms with van der Waals surface area (Å²) < 4.78 is 0. The molecule has 0 unspecified atom stereocenters. The van der Waals surface area contributed by atoms with E-state index in [0.717, 1.165) is 42.8 Å². The maximum Gasteiger partial charge on any atom is 0.176 e. The zero-order valence-electron chi connectivity index (χ0n) is 11.7. The van der Waals surface area contributed by atoms with E-state index in [2.05, 4.69) is 16.9 Å². The van der Waals surface area contributed by atoms with Gasteiger partial charge in [0.2, 0.25) is 0 Å². The third-order valence-electron chi connectivity index (χ3n) is 4.69. The van der Waals surface area contributed by atoms with Gasteiger partial charge in [-0.1, -0.05) is 0 Å². The Morgan fingerprint density at radius 3 is 2.84 bits per heavy atom. The highest BCUT2D eigenvalue weighted by Gasteiger charge is 2.40. The molecular weight excluding hydrogens is 240 g/mol. The van der Waals surface area contributed by atoms with Gasteiger partial charge in [-0.15, -0.1) is 0 Å². The van der Waals surface area contributed by atoms with E-state index in [9.17, 15) is 9.59 Å². The van der Waals surface area contributed by atoms with Crippen molar-refractivity contribution in [3.05, 3.63) is 22.5 Å². The van der Waals surface area contributed by atoms with Crippen LogP contribution in [0.25, 0.3) is 0 Å². The molecule has 1 N–H and O–H groups in total. The highest BCUT2D eigenvalue weighted by atomic mass is 16.1. The Morgan fingerprint density at radius 1 is 1.42 bits per heavy atom. The average molecular weight is 260 g/mol. The number of hydrogen-bond acceptors (Lipinski definition) is 3. The molecule has 1 aromatic heterocycles. The van der Waals surface area contributed by atoms with Crippen LogP contribution in [0.1, 0.15) is 45.4 Å². The highest BCUT2D eigenvalue weighted by molar-refractivity contribution is 6.05. The lowest BCUT2D eigenvalue weighted by Crippen LogP contribution is -2.45. The zero-order chi connectivity index (χ0) is 13.7. The number of carbonyl (C=O) groups excluding carboxylic acids is 2. The molecule has 102 valence electrons. The van der Waals surface area contributed by atoms with Gasteiger partial charge in [0.25, 0.3) is 0 Å². The van der Waals surface area contributed by atoms with Gasteiger partial charge in [-0.05, 0) is 44.8 Å². The standard InChI is InChI=1S/C15H20N2O2/c1-8-13-12(16-14(8)9(2)18)6-10-4-5-17(3)7-11(10)15(13)19/h10-11,16H,4-7H2,1-3H3/t10-,11+/m0/s1. The molecule has 2 aliphatic rings. The lowest BCUT2D eigenvalue weighted by Gasteiger charge is -2.38. The molecule has 0 bridgehead atoms. The van der Waals surface area contributed by atoms with Crippen molar-refractivity contribution in [2.24, 2.45) is 11.8 Å². The summed E-state index contributed by atoms with van der Waals surface area (Å²) in [5.74, 6) is 0.799. The minimum absolute atomic E-state index is 0.0137. The first kappa shape index (κ1) is 12.6. The molecule has 0 radical (unpaired) electrons. The first-order chi connectivity index (χ1) is 8.99. The second-order valence-corrected chi connectivity index (χ2v) is 6.02. The zero-order valence-corrected chi connectivity index (χ0v) is 11.7. The number of carbonyl (C=O) groups is 2. The van der Waals surface area contributed by atoms with Gasteiger partial charge >= 0.3 is 0 Å². The molecule has 1 aromatic rings. The van der Waals surface area contributed by atoms with E-state index >= 15 is 0 Å². The first-order valence-electron chi connectivity index (χ1n) is 6.94. The molecule has 2 atom stereocenters. The quantitative estimate of drug-likeness (QED) is 0.784. The summed E-state index contributed by atoms with van der Waals surface area (Å²) in [7, 11) is 2.07. The Hall–Kier alpha value is -1.42. The predicted molar refractivity (Wildman–Crippen MR) is 72.7 cm³/mol. The van der Waals surface area contributed by atoms with E-state index < -0.39 is 0 Å². The number of Topliss-reactive ketones (excluding diaryl/α,β-unsaturated/α-hetero) is 2. The maximum absolute atomic E-state index is 12.7. The average Bonchev–Trinajstić information content (AvgIpc) is 2.68. The van der Waals surface area contributed by atoms with Crippen molar-refractivity contribution >= 4 is 11.6 Å². The van der Waals surface area contributed by atoms with Crippen LogP contribution in [0.3, 0.4) is 0 Å². The highest BCUT2D eigenvalue weighted by Crippen LogP contribution is 2.37. The summed E-state index contributed by atoms with van der Waals surface area (Å²) in [6.45, 7) is 5.35. The summed E-state index contributed by atoms with van der Waals surface area (Å²) in [5, 5.41) is 0. The number of fused-ring (bicyclic) bond motifs is 2. The fraction of sp³-hybridized carbons (Fsp3) is 0.600. The summed E-state index contributed by atoms with van der Waals surface area (Å²) in [6.07, 6.45) is 1.98. The number of nitrogens with one attached hydrogen (secondary N) is 1. The largest absolute Gasteiger partial charge is 0.355 e. The Morgan fingerprint density at radius 2 is 2.16 bits per heavy atom. The van der Waals surface area contributed by atoms with Crippen LogP contribution in [-0.2, 0) is 6.42 Å². The van der Waals surface area contributed by atoms with Crippen molar-refractivity contribution in [1.82, 2.24) is 9.88 Å². The minimum atomic E-state index is 0.0137. The van der Waals surface area contributed by atoms with Crippen LogP contribution in [0.2, 0.25) is 0 Å². The molecule has 19 heavy (non-hydrogen) atoms. The van der Waals surface area contributed by atoms with Gasteiger partial charge in [0.15, 0.2) is 11.6 Å². The number of hydrogen-bond donors (Lipinski definition) is 1. The van der Waals surface area contributed by atoms with E-state index in [1.165, 1.54) is 0 Å². The molecule has 0 aromatic carbocycles. The van der Waals surface area contributed by atoms with Crippen LogP contribution < -0.4 is 0 Å². The van der Waals surface area contributed by atoms with E-state index in [1.807, 2.05) is 6.92 Å². The van der Waals surface area contributed by atoms with Crippen molar-refractivity contribution in [2.45, 2.75) is 26.7 Å². The van der Waals surface area contributed by atoms with Crippen molar-refractivity contribution in [3.63, 3.8) is 0 Å². The summed E-state index contributed by atoms with van der Waals surface area (Å²) in [5.41, 5.74) is 3.24. The van der Waals surface area contributed by atoms with Gasteiger partial charge in [-0.2, -0.15) is 0 Å². The predicted octanol–water partition coefficient (Wildman–Crippen LogP) is 1.83. The van der Waals surface area contributed by atoms with Gasteiger partial charge < -0.3 is 9.88 Å². The number of H-pyrrole nitrogens is 1. The van der Waals surface area contributed by atoms with E-state index in [-0.39, 0.29) is 17.5 Å².